The lowest BCUT2D eigenvalue weighted by molar-refractivity contribution is -0.384. The molecule has 0 aliphatic rings. The Morgan fingerprint density at radius 2 is 1.76 bits per heavy atom. The zero-order chi connectivity index (χ0) is 12.4. The summed E-state index contributed by atoms with van der Waals surface area (Å²) in [6.07, 6.45) is 0. The molecule has 0 aliphatic carbocycles. The Morgan fingerprint density at radius 3 is 2.35 bits per heavy atom. The van der Waals surface area contributed by atoms with Gasteiger partial charge in [0.15, 0.2) is 0 Å². The molecular formula is C13H12N2O2. The van der Waals surface area contributed by atoms with Crippen molar-refractivity contribution < 1.29 is 4.92 Å². The van der Waals surface area contributed by atoms with E-state index in [4.69, 9.17) is 5.73 Å². The Hall–Kier alpha value is -2.36. The van der Waals surface area contributed by atoms with Gasteiger partial charge in [-0.25, -0.2) is 0 Å². The second-order valence-corrected chi connectivity index (χ2v) is 3.89. The number of nitrogens with two attached hydrogens (primary N) is 1. The summed E-state index contributed by atoms with van der Waals surface area (Å²) in [4.78, 5) is 10.3. The molecule has 0 saturated heterocycles. The Labute approximate surface area is 98.8 Å². The van der Waals surface area contributed by atoms with Crippen LogP contribution < -0.4 is 5.73 Å². The first-order valence-electron chi connectivity index (χ1n) is 5.19. The summed E-state index contributed by atoms with van der Waals surface area (Å²) in [5.41, 5.74) is 9.15. The fourth-order valence-corrected chi connectivity index (χ4v) is 1.64. The van der Waals surface area contributed by atoms with Crippen LogP contribution in [0, 0.1) is 17.0 Å². The van der Waals surface area contributed by atoms with Gasteiger partial charge in [0.1, 0.15) is 0 Å². The van der Waals surface area contributed by atoms with Gasteiger partial charge < -0.3 is 5.73 Å². The fourth-order valence-electron chi connectivity index (χ4n) is 1.64. The molecule has 2 rings (SSSR count). The number of benzene rings is 2. The number of hydrogen-bond acceptors (Lipinski definition) is 3. The third kappa shape index (κ3) is 2.25. The average Bonchev–Trinajstić information content (AvgIpc) is 2.31. The molecule has 2 N–H and O–H groups in total. The molecule has 0 spiro atoms. The largest absolute Gasteiger partial charge is 0.398 e. The first-order valence-corrected chi connectivity index (χ1v) is 5.19. The van der Waals surface area contributed by atoms with Crippen LogP contribution in [0.2, 0.25) is 0 Å². The van der Waals surface area contributed by atoms with Crippen LogP contribution in [0.15, 0.2) is 42.5 Å². The van der Waals surface area contributed by atoms with E-state index in [-0.39, 0.29) is 5.69 Å². The van der Waals surface area contributed by atoms with Crippen LogP contribution in [0.5, 0.6) is 0 Å². The number of anilines is 1. The lowest BCUT2D eigenvalue weighted by Crippen LogP contribution is -1.93. The van der Waals surface area contributed by atoms with Crippen molar-refractivity contribution in [3.8, 4) is 11.1 Å². The summed E-state index contributed by atoms with van der Waals surface area (Å²) in [5, 5.41) is 10.7. The maximum atomic E-state index is 10.7. The van der Waals surface area contributed by atoms with E-state index in [9.17, 15) is 10.1 Å². The molecule has 0 saturated carbocycles. The molecule has 2 aromatic rings. The molecule has 0 heterocycles. The molecule has 0 amide bonds. The number of nitro benzene ring substituents is 1. The average molecular weight is 228 g/mol. The standard InChI is InChI=1S/C13H12N2O2/c1-9-2-4-10(5-3-9)12-8-11(15(16)17)6-7-13(12)14/h2-8H,14H2,1H3. The molecule has 4 nitrogen and oxygen atoms in total. The van der Waals surface area contributed by atoms with Crippen LogP contribution in [0.4, 0.5) is 11.4 Å². The van der Waals surface area contributed by atoms with Crippen molar-refractivity contribution in [1.82, 2.24) is 0 Å². The quantitative estimate of drug-likeness (QED) is 0.487. The van der Waals surface area contributed by atoms with Crippen LogP contribution in [-0.4, -0.2) is 4.92 Å². The van der Waals surface area contributed by atoms with Gasteiger partial charge in [0, 0.05) is 23.4 Å². The number of non-ortho nitro benzene ring substituents is 1. The summed E-state index contributed by atoms with van der Waals surface area (Å²) >= 11 is 0. The van der Waals surface area contributed by atoms with Gasteiger partial charge in [-0.2, -0.15) is 0 Å². The zero-order valence-electron chi connectivity index (χ0n) is 9.38. The second kappa shape index (κ2) is 4.25. The van der Waals surface area contributed by atoms with Gasteiger partial charge in [0.05, 0.1) is 4.92 Å². The Bertz CT molecular complexity index is 562. The third-order valence-electron chi connectivity index (χ3n) is 2.61. The Balaban J connectivity index is 2.54. The van der Waals surface area contributed by atoms with Gasteiger partial charge in [0.2, 0.25) is 0 Å². The summed E-state index contributed by atoms with van der Waals surface area (Å²) in [6, 6.07) is 12.2. The molecule has 0 unspecified atom stereocenters. The van der Waals surface area contributed by atoms with Crippen LogP contribution >= 0.6 is 0 Å². The summed E-state index contributed by atoms with van der Waals surface area (Å²) in [7, 11) is 0. The predicted octanol–water partition coefficient (Wildman–Crippen LogP) is 3.15. The molecule has 2 aromatic carbocycles. The maximum Gasteiger partial charge on any atom is 0.270 e. The van der Waals surface area contributed by atoms with Gasteiger partial charge in [-0.3, -0.25) is 10.1 Å². The SMILES string of the molecule is Cc1ccc(-c2cc([N+](=O)[O-])ccc2N)cc1. The smallest absolute Gasteiger partial charge is 0.270 e. The van der Waals surface area contributed by atoms with Gasteiger partial charge in [0.25, 0.3) is 5.69 Å². The number of rotatable bonds is 2. The van der Waals surface area contributed by atoms with E-state index < -0.39 is 4.92 Å². The van der Waals surface area contributed by atoms with Crippen molar-refractivity contribution in [3.63, 3.8) is 0 Å². The Morgan fingerprint density at radius 1 is 1.12 bits per heavy atom. The van der Waals surface area contributed by atoms with E-state index in [1.54, 1.807) is 6.07 Å². The lowest BCUT2D eigenvalue weighted by Gasteiger charge is -2.06. The number of nitrogen functional groups attached to an aromatic ring is 1. The molecule has 0 aromatic heterocycles. The molecule has 0 bridgehead atoms. The normalized spacial score (nSPS) is 10.2. The van der Waals surface area contributed by atoms with Crippen LogP contribution in [0.25, 0.3) is 11.1 Å². The van der Waals surface area contributed by atoms with Crippen molar-refractivity contribution in [3.05, 3.63) is 58.1 Å². The van der Waals surface area contributed by atoms with E-state index in [1.807, 2.05) is 31.2 Å². The first-order chi connectivity index (χ1) is 8.08. The van der Waals surface area contributed by atoms with E-state index in [0.717, 1.165) is 11.1 Å². The molecule has 4 heteroatoms. The highest BCUT2D eigenvalue weighted by molar-refractivity contribution is 5.78. The minimum absolute atomic E-state index is 0.0507. The number of nitro groups is 1. The van der Waals surface area contributed by atoms with E-state index in [1.165, 1.54) is 12.1 Å². The number of hydrogen-bond donors (Lipinski definition) is 1. The third-order valence-corrected chi connectivity index (χ3v) is 2.61. The van der Waals surface area contributed by atoms with Crippen LogP contribution in [0.1, 0.15) is 5.56 Å². The van der Waals surface area contributed by atoms with Gasteiger partial charge in [-0.05, 0) is 18.6 Å². The van der Waals surface area contributed by atoms with Gasteiger partial charge >= 0.3 is 0 Å². The van der Waals surface area contributed by atoms with Gasteiger partial charge in [-0.15, -0.1) is 0 Å². The van der Waals surface area contributed by atoms with E-state index in [0.29, 0.717) is 11.3 Å². The molecular weight excluding hydrogens is 216 g/mol. The van der Waals surface area contributed by atoms with E-state index in [2.05, 4.69) is 0 Å². The minimum Gasteiger partial charge on any atom is -0.398 e. The highest BCUT2D eigenvalue weighted by Gasteiger charge is 2.10. The topological polar surface area (TPSA) is 69.2 Å². The number of nitrogens with zero attached hydrogens (tertiary/aromatic N) is 1. The Kier molecular flexibility index (Phi) is 2.78. The lowest BCUT2D eigenvalue weighted by atomic mass is 10.0. The van der Waals surface area contributed by atoms with E-state index >= 15 is 0 Å². The first kappa shape index (κ1) is 11.1. The fraction of sp³-hybridized carbons (Fsp3) is 0.0769. The van der Waals surface area contributed by atoms with Crippen LogP contribution in [0.3, 0.4) is 0 Å². The van der Waals surface area contributed by atoms with Crippen molar-refractivity contribution in [1.29, 1.82) is 0 Å². The molecule has 0 atom stereocenters. The van der Waals surface area contributed by atoms with Crippen molar-refractivity contribution in [2.45, 2.75) is 6.92 Å². The van der Waals surface area contributed by atoms with Crippen molar-refractivity contribution in [2.24, 2.45) is 0 Å². The second-order valence-electron chi connectivity index (χ2n) is 3.89. The summed E-state index contributed by atoms with van der Waals surface area (Å²) in [6.45, 7) is 1.99. The highest BCUT2D eigenvalue weighted by atomic mass is 16.6. The molecule has 0 radical (unpaired) electrons. The van der Waals surface area contributed by atoms with Crippen molar-refractivity contribution in [2.75, 3.05) is 5.73 Å². The summed E-state index contributed by atoms with van der Waals surface area (Å²) in [5.74, 6) is 0. The maximum absolute atomic E-state index is 10.7. The predicted molar refractivity (Wildman–Crippen MR) is 67.7 cm³/mol. The summed E-state index contributed by atoms with van der Waals surface area (Å²) < 4.78 is 0. The molecule has 17 heavy (non-hydrogen) atoms. The number of aryl methyl sites for hydroxylation is 1. The van der Waals surface area contributed by atoms with Gasteiger partial charge in [-0.1, -0.05) is 29.8 Å². The molecule has 0 fully saturated rings. The monoisotopic (exact) mass is 228 g/mol. The molecule has 0 aliphatic heterocycles. The van der Waals surface area contributed by atoms with Crippen LogP contribution in [-0.2, 0) is 0 Å². The highest BCUT2D eigenvalue weighted by Crippen LogP contribution is 2.29. The zero-order valence-corrected chi connectivity index (χ0v) is 9.38. The minimum atomic E-state index is -0.420. The van der Waals surface area contributed by atoms with Crippen molar-refractivity contribution >= 4 is 11.4 Å². The molecule has 86 valence electrons.